The molecular formula is C26H23NO5. The number of aliphatic carboxylic acids is 1. The summed E-state index contributed by atoms with van der Waals surface area (Å²) in [4.78, 5) is 23.1. The molecule has 0 fully saturated rings. The van der Waals surface area contributed by atoms with Crippen molar-refractivity contribution in [2.75, 3.05) is 5.32 Å². The van der Waals surface area contributed by atoms with Crippen molar-refractivity contribution in [2.45, 2.75) is 26.4 Å². The van der Waals surface area contributed by atoms with E-state index in [0.717, 1.165) is 27.7 Å². The third kappa shape index (κ3) is 5.16. The number of anilines is 1. The lowest BCUT2D eigenvalue weighted by molar-refractivity contribution is -0.136. The van der Waals surface area contributed by atoms with E-state index in [4.69, 9.17) is 14.3 Å². The lowest BCUT2D eigenvalue weighted by atomic mass is 10.0. The van der Waals surface area contributed by atoms with Gasteiger partial charge in [0.25, 0.3) is 0 Å². The normalized spacial score (nSPS) is 10.8. The minimum Gasteiger partial charge on any atom is -0.481 e. The van der Waals surface area contributed by atoms with E-state index in [1.807, 2.05) is 24.3 Å². The van der Waals surface area contributed by atoms with Gasteiger partial charge in [-0.3, -0.25) is 10.1 Å². The summed E-state index contributed by atoms with van der Waals surface area (Å²) in [6.07, 6.45) is -0.329. The average Bonchev–Trinajstić information content (AvgIpc) is 3.20. The second-order valence-corrected chi connectivity index (χ2v) is 7.58. The van der Waals surface area contributed by atoms with Gasteiger partial charge in [-0.2, -0.15) is 0 Å². The van der Waals surface area contributed by atoms with Crippen LogP contribution in [0.5, 0.6) is 0 Å². The van der Waals surface area contributed by atoms with E-state index in [0.29, 0.717) is 17.9 Å². The van der Waals surface area contributed by atoms with Crippen molar-refractivity contribution in [3.05, 3.63) is 89.7 Å². The Balaban J connectivity index is 1.40. The molecule has 6 heteroatoms. The Morgan fingerprint density at radius 3 is 2.50 bits per heavy atom. The number of benzene rings is 3. The first kappa shape index (κ1) is 21.2. The minimum atomic E-state index is -0.891. The van der Waals surface area contributed by atoms with Gasteiger partial charge in [0, 0.05) is 17.5 Å². The standard InChI is InChI=1S/C26H23NO5/c1-17-6-8-18(9-7-17)20-10-12-24-21(14-20)15-22(32-24)16-31-26(30)27-23-5-3-2-4-19(23)11-13-25(28)29/h2-10,12,14-15H,11,13,16H2,1H3,(H,27,30)(H,28,29). The molecule has 0 aliphatic heterocycles. The molecule has 0 aliphatic carbocycles. The maximum Gasteiger partial charge on any atom is 0.412 e. The number of hydrogen-bond acceptors (Lipinski definition) is 4. The van der Waals surface area contributed by atoms with Crippen molar-refractivity contribution < 1.29 is 23.8 Å². The second-order valence-electron chi connectivity index (χ2n) is 7.58. The Bertz CT molecular complexity index is 1260. The van der Waals surface area contributed by atoms with Crippen LogP contribution < -0.4 is 5.32 Å². The fraction of sp³-hybridized carbons (Fsp3) is 0.154. The maximum atomic E-state index is 12.3. The van der Waals surface area contributed by atoms with Gasteiger partial charge < -0.3 is 14.3 Å². The molecule has 0 unspecified atom stereocenters. The SMILES string of the molecule is Cc1ccc(-c2ccc3oc(COC(=O)Nc4ccccc4CCC(=O)O)cc3c2)cc1. The third-order valence-electron chi connectivity index (χ3n) is 5.16. The fourth-order valence-electron chi connectivity index (χ4n) is 3.48. The number of hydrogen-bond donors (Lipinski definition) is 2. The van der Waals surface area contributed by atoms with Gasteiger partial charge in [0.05, 0.1) is 0 Å². The number of fused-ring (bicyclic) bond motifs is 1. The molecule has 6 nitrogen and oxygen atoms in total. The second kappa shape index (κ2) is 9.39. The summed E-state index contributed by atoms with van der Waals surface area (Å²) < 4.78 is 11.1. The molecule has 162 valence electrons. The molecule has 0 bridgehead atoms. The van der Waals surface area contributed by atoms with Gasteiger partial charge in [0.1, 0.15) is 11.3 Å². The van der Waals surface area contributed by atoms with E-state index in [1.54, 1.807) is 24.3 Å². The molecule has 0 aliphatic rings. The number of para-hydroxylation sites is 1. The molecule has 0 atom stereocenters. The number of amides is 1. The van der Waals surface area contributed by atoms with Gasteiger partial charge in [-0.15, -0.1) is 0 Å². The number of nitrogens with one attached hydrogen (secondary N) is 1. The van der Waals surface area contributed by atoms with Crippen LogP contribution in [0.15, 0.2) is 77.2 Å². The third-order valence-corrected chi connectivity index (χ3v) is 5.16. The van der Waals surface area contributed by atoms with Gasteiger partial charge in [-0.25, -0.2) is 4.79 Å². The Labute approximate surface area is 185 Å². The molecule has 0 spiro atoms. The molecule has 32 heavy (non-hydrogen) atoms. The van der Waals surface area contributed by atoms with Crippen LogP contribution in [0.1, 0.15) is 23.3 Å². The zero-order valence-corrected chi connectivity index (χ0v) is 17.6. The van der Waals surface area contributed by atoms with Crippen LogP contribution in [0.4, 0.5) is 10.5 Å². The number of carboxylic acid groups (broad SMARTS) is 1. The van der Waals surface area contributed by atoms with Crippen LogP contribution in [0.3, 0.4) is 0 Å². The van der Waals surface area contributed by atoms with E-state index < -0.39 is 12.1 Å². The van der Waals surface area contributed by atoms with Crippen molar-refractivity contribution >= 4 is 28.7 Å². The molecule has 0 radical (unpaired) electrons. The first-order valence-electron chi connectivity index (χ1n) is 10.3. The Kier molecular flexibility index (Phi) is 6.22. The molecule has 3 aromatic carbocycles. The van der Waals surface area contributed by atoms with Gasteiger partial charge in [0.2, 0.25) is 0 Å². The summed E-state index contributed by atoms with van der Waals surface area (Å²) in [6.45, 7) is 2.04. The topological polar surface area (TPSA) is 88.8 Å². The maximum absolute atomic E-state index is 12.3. The Morgan fingerprint density at radius 2 is 1.72 bits per heavy atom. The molecule has 1 heterocycles. The van der Waals surface area contributed by atoms with Gasteiger partial charge in [-0.05, 0) is 54.3 Å². The molecule has 0 saturated heterocycles. The monoisotopic (exact) mass is 429 g/mol. The van der Waals surface area contributed by atoms with Gasteiger partial charge >= 0.3 is 12.1 Å². The molecule has 4 rings (SSSR count). The van der Waals surface area contributed by atoms with Crippen molar-refractivity contribution in [3.8, 4) is 11.1 Å². The number of ether oxygens (including phenoxy) is 1. The summed E-state index contributed by atoms with van der Waals surface area (Å²) >= 11 is 0. The Morgan fingerprint density at radius 1 is 0.969 bits per heavy atom. The highest BCUT2D eigenvalue weighted by Crippen LogP contribution is 2.27. The summed E-state index contributed by atoms with van der Waals surface area (Å²) in [5.74, 6) is -0.354. The summed E-state index contributed by atoms with van der Waals surface area (Å²) in [5.41, 5.74) is 5.41. The number of carbonyl (C=O) groups is 2. The highest BCUT2D eigenvalue weighted by Gasteiger charge is 2.11. The van der Waals surface area contributed by atoms with Crippen LogP contribution in [0.2, 0.25) is 0 Å². The van der Waals surface area contributed by atoms with E-state index in [-0.39, 0.29) is 13.0 Å². The number of rotatable bonds is 7. The number of furan rings is 1. The smallest absolute Gasteiger partial charge is 0.412 e. The zero-order valence-electron chi connectivity index (χ0n) is 17.6. The molecule has 4 aromatic rings. The predicted octanol–water partition coefficient (Wildman–Crippen LogP) is 6.17. The summed E-state index contributed by atoms with van der Waals surface area (Å²) in [7, 11) is 0. The largest absolute Gasteiger partial charge is 0.481 e. The van der Waals surface area contributed by atoms with Gasteiger partial charge in [-0.1, -0.05) is 54.1 Å². The first-order valence-corrected chi connectivity index (χ1v) is 10.3. The van der Waals surface area contributed by atoms with Gasteiger partial charge in [0.15, 0.2) is 6.61 Å². The van der Waals surface area contributed by atoms with E-state index in [9.17, 15) is 9.59 Å². The minimum absolute atomic E-state index is 0.0162. The predicted molar refractivity (Wildman–Crippen MR) is 123 cm³/mol. The lowest BCUT2D eigenvalue weighted by Crippen LogP contribution is -2.15. The average molecular weight is 429 g/mol. The first-order chi connectivity index (χ1) is 15.5. The zero-order chi connectivity index (χ0) is 22.5. The highest BCUT2D eigenvalue weighted by molar-refractivity contribution is 5.86. The fourth-order valence-corrected chi connectivity index (χ4v) is 3.48. The molecule has 2 N–H and O–H groups in total. The molecule has 1 amide bonds. The van der Waals surface area contributed by atoms with E-state index >= 15 is 0 Å². The number of carboxylic acids is 1. The highest BCUT2D eigenvalue weighted by atomic mass is 16.6. The summed E-state index contributed by atoms with van der Waals surface area (Å²) in [5, 5.41) is 12.5. The van der Waals surface area contributed by atoms with Crippen molar-refractivity contribution in [1.82, 2.24) is 0 Å². The lowest BCUT2D eigenvalue weighted by Gasteiger charge is -2.10. The number of carbonyl (C=O) groups excluding carboxylic acids is 1. The van der Waals surface area contributed by atoms with Crippen molar-refractivity contribution in [3.63, 3.8) is 0 Å². The van der Waals surface area contributed by atoms with E-state index in [1.165, 1.54) is 5.56 Å². The van der Waals surface area contributed by atoms with Crippen LogP contribution in [-0.2, 0) is 22.6 Å². The molecule has 0 saturated carbocycles. The molecule has 1 aromatic heterocycles. The van der Waals surface area contributed by atoms with Crippen molar-refractivity contribution in [2.24, 2.45) is 0 Å². The molecular weight excluding hydrogens is 406 g/mol. The van der Waals surface area contributed by atoms with Crippen LogP contribution >= 0.6 is 0 Å². The van der Waals surface area contributed by atoms with Crippen molar-refractivity contribution in [1.29, 1.82) is 0 Å². The van der Waals surface area contributed by atoms with Crippen LogP contribution in [-0.4, -0.2) is 17.2 Å². The summed E-state index contributed by atoms with van der Waals surface area (Å²) in [6, 6.07) is 23.2. The van der Waals surface area contributed by atoms with E-state index in [2.05, 4.69) is 36.5 Å². The number of aryl methyl sites for hydroxylation is 2. The quantitative estimate of drug-likeness (QED) is 0.366. The van der Waals surface area contributed by atoms with Crippen LogP contribution in [0.25, 0.3) is 22.1 Å². The van der Waals surface area contributed by atoms with Crippen LogP contribution in [0, 0.1) is 6.92 Å². The Hall–Kier alpha value is -4.06.